The molecule has 0 amide bonds. The summed E-state index contributed by atoms with van der Waals surface area (Å²) in [5.41, 5.74) is -1.67. The van der Waals surface area contributed by atoms with Crippen molar-refractivity contribution in [2.75, 3.05) is 0 Å². The van der Waals surface area contributed by atoms with Crippen molar-refractivity contribution in [3.8, 4) is 0 Å². The van der Waals surface area contributed by atoms with Gasteiger partial charge in [0.2, 0.25) is 5.60 Å². The average molecular weight is 459 g/mol. The Bertz CT molecular complexity index is 1160. The number of benzene rings is 1. The van der Waals surface area contributed by atoms with E-state index in [1.54, 1.807) is 17.8 Å². The Morgan fingerprint density at radius 1 is 1.19 bits per heavy atom. The molecule has 2 aliphatic rings. The Morgan fingerprint density at radius 3 is 2.47 bits per heavy atom. The van der Waals surface area contributed by atoms with E-state index in [4.69, 9.17) is 13.9 Å². The zero-order valence-electron chi connectivity index (χ0n) is 19.5. The third-order valence-electron chi connectivity index (χ3n) is 7.48. The monoisotopic (exact) mass is 458 g/mol. The third-order valence-corrected chi connectivity index (χ3v) is 8.59. The molecule has 0 unspecified atom stereocenters. The predicted molar refractivity (Wildman–Crippen MR) is 123 cm³/mol. The van der Waals surface area contributed by atoms with Crippen LogP contribution < -0.4 is 5.43 Å². The Hall–Kier alpha value is -2.28. The van der Waals surface area contributed by atoms with Crippen molar-refractivity contribution in [2.45, 2.75) is 83.2 Å². The SMILES string of the molecule is CCc1cc(=O)c2ccc(SC(C)C)c(COC(=O)[C@]34CC[C@](C)(C(=O)O3)C4(C)C)c2o1. The number of esters is 2. The summed E-state index contributed by atoms with van der Waals surface area (Å²) < 4.78 is 17.5. The molecule has 32 heavy (non-hydrogen) atoms. The highest BCUT2D eigenvalue weighted by molar-refractivity contribution is 8.00. The minimum absolute atomic E-state index is 0.0621. The first kappa shape index (κ1) is 22.9. The molecule has 1 aliphatic heterocycles. The first-order valence-corrected chi connectivity index (χ1v) is 12.0. The molecule has 2 aromatic rings. The summed E-state index contributed by atoms with van der Waals surface area (Å²) in [6.45, 7) is 11.7. The number of rotatable bonds is 6. The summed E-state index contributed by atoms with van der Waals surface area (Å²) in [6, 6.07) is 5.15. The molecule has 1 saturated carbocycles. The number of hydrogen-bond donors (Lipinski definition) is 0. The van der Waals surface area contributed by atoms with E-state index >= 15 is 0 Å². The van der Waals surface area contributed by atoms with Gasteiger partial charge in [0, 0.05) is 33.6 Å². The standard InChI is InChI=1S/C25H30O6S/c1-7-15-12-18(26)16-8-9-19(32-14(2)3)17(20(16)30-15)13-29-22(28)25-11-10-24(6,21(27)31-25)23(25,4)5/h8-9,12,14H,7,10-11,13H2,1-6H3/t24-,25+/m1/s1. The quantitative estimate of drug-likeness (QED) is 0.444. The molecular formula is C25H30O6S. The van der Waals surface area contributed by atoms with Gasteiger partial charge in [-0.05, 0) is 31.9 Å². The van der Waals surface area contributed by atoms with Crippen LogP contribution in [0, 0.1) is 10.8 Å². The number of thioether (sulfide) groups is 1. The van der Waals surface area contributed by atoms with Gasteiger partial charge in [-0.1, -0.05) is 34.6 Å². The first-order valence-electron chi connectivity index (χ1n) is 11.1. The third kappa shape index (κ3) is 3.11. The van der Waals surface area contributed by atoms with Crippen LogP contribution >= 0.6 is 11.8 Å². The molecule has 0 radical (unpaired) electrons. The molecule has 0 spiro atoms. The Morgan fingerprint density at radius 2 is 1.91 bits per heavy atom. The van der Waals surface area contributed by atoms with E-state index in [9.17, 15) is 14.4 Å². The Labute approximate surface area is 192 Å². The number of aryl methyl sites for hydroxylation is 1. The molecular weight excluding hydrogens is 428 g/mol. The van der Waals surface area contributed by atoms with E-state index in [1.165, 1.54) is 6.07 Å². The second-order valence-corrected chi connectivity index (χ2v) is 11.4. The van der Waals surface area contributed by atoms with Crippen molar-refractivity contribution in [1.82, 2.24) is 0 Å². The van der Waals surface area contributed by atoms with Crippen molar-refractivity contribution >= 4 is 34.7 Å². The van der Waals surface area contributed by atoms with Gasteiger partial charge in [-0.25, -0.2) is 4.79 Å². The van der Waals surface area contributed by atoms with Crippen molar-refractivity contribution < 1.29 is 23.5 Å². The lowest BCUT2D eigenvalue weighted by Crippen LogP contribution is -2.48. The van der Waals surface area contributed by atoms with E-state index in [2.05, 4.69) is 13.8 Å². The number of hydrogen-bond acceptors (Lipinski definition) is 7. The topological polar surface area (TPSA) is 82.8 Å². The average Bonchev–Trinajstić information content (AvgIpc) is 3.02. The molecule has 2 bridgehead atoms. The van der Waals surface area contributed by atoms with Gasteiger partial charge in [0.1, 0.15) is 18.0 Å². The van der Waals surface area contributed by atoms with Gasteiger partial charge in [0.25, 0.3) is 0 Å². The van der Waals surface area contributed by atoms with Crippen molar-refractivity contribution in [2.24, 2.45) is 10.8 Å². The van der Waals surface area contributed by atoms with E-state index in [-0.39, 0.29) is 23.3 Å². The highest BCUT2D eigenvalue weighted by atomic mass is 32.2. The lowest BCUT2D eigenvalue weighted by molar-refractivity contribution is -0.184. The summed E-state index contributed by atoms with van der Waals surface area (Å²) in [5.74, 6) is -0.299. The minimum atomic E-state index is -1.29. The van der Waals surface area contributed by atoms with Crippen LogP contribution in [0.5, 0.6) is 0 Å². The van der Waals surface area contributed by atoms with Gasteiger partial charge in [-0.3, -0.25) is 9.59 Å². The second-order valence-electron chi connectivity index (χ2n) is 9.77. The maximum atomic E-state index is 13.4. The Kier molecular flexibility index (Phi) is 5.47. The molecule has 172 valence electrons. The molecule has 2 heterocycles. The van der Waals surface area contributed by atoms with Crippen LogP contribution in [0.25, 0.3) is 11.0 Å². The molecule has 6 nitrogen and oxygen atoms in total. The fraction of sp³-hybridized carbons (Fsp3) is 0.560. The maximum Gasteiger partial charge on any atom is 0.351 e. The normalized spacial score (nSPS) is 26.0. The molecule has 2 fully saturated rings. The van der Waals surface area contributed by atoms with Gasteiger partial charge in [-0.2, -0.15) is 0 Å². The lowest BCUT2D eigenvalue weighted by atomic mass is 9.66. The summed E-state index contributed by atoms with van der Waals surface area (Å²) in [4.78, 5) is 39.4. The molecule has 1 aliphatic carbocycles. The molecule has 4 rings (SSSR count). The Balaban J connectivity index is 1.73. The van der Waals surface area contributed by atoms with E-state index in [0.717, 1.165) is 4.90 Å². The first-order chi connectivity index (χ1) is 15.0. The van der Waals surface area contributed by atoms with Crippen molar-refractivity contribution in [1.29, 1.82) is 0 Å². The van der Waals surface area contributed by atoms with Gasteiger partial charge in [0.15, 0.2) is 5.43 Å². The second kappa shape index (κ2) is 7.65. The molecule has 1 aromatic heterocycles. The summed E-state index contributed by atoms with van der Waals surface area (Å²) >= 11 is 1.62. The molecule has 1 saturated heterocycles. The molecule has 2 atom stereocenters. The summed E-state index contributed by atoms with van der Waals surface area (Å²) in [7, 11) is 0. The lowest BCUT2D eigenvalue weighted by Gasteiger charge is -2.34. The van der Waals surface area contributed by atoms with Crippen LogP contribution in [0.3, 0.4) is 0 Å². The van der Waals surface area contributed by atoms with Crippen LogP contribution in [0.1, 0.15) is 65.7 Å². The zero-order valence-corrected chi connectivity index (χ0v) is 20.3. The highest BCUT2D eigenvalue weighted by Crippen LogP contribution is 2.65. The predicted octanol–water partition coefficient (Wildman–Crippen LogP) is 5.02. The zero-order chi connectivity index (χ0) is 23.5. The van der Waals surface area contributed by atoms with Crippen LogP contribution in [0.15, 0.2) is 32.3 Å². The number of carbonyl (C=O) groups is 2. The summed E-state index contributed by atoms with van der Waals surface area (Å²) in [5, 5.41) is 0.743. The molecule has 1 aromatic carbocycles. The number of fused-ring (bicyclic) bond motifs is 3. The largest absolute Gasteiger partial charge is 0.460 e. The smallest absolute Gasteiger partial charge is 0.351 e. The van der Waals surface area contributed by atoms with E-state index in [1.807, 2.05) is 33.8 Å². The fourth-order valence-electron chi connectivity index (χ4n) is 4.94. The van der Waals surface area contributed by atoms with E-state index in [0.29, 0.717) is 41.6 Å². The van der Waals surface area contributed by atoms with Crippen molar-refractivity contribution in [3.05, 3.63) is 39.7 Å². The molecule has 7 heteroatoms. The van der Waals surface area contributed by atoms with Gasteiger partial charge in [-0.15, -0.1) is 11.8 Å². The fourth-order valence-corrected chi connectivity index (χ4v) is 5.89. The van der Waals surface area contributed by atoms with Crippen LogP contribution in [-0.2, 0) is 32.1 Å². The van der Waals surface area contributed by atoms with Gasteiger partial charge in [0.05, 0.1) is 10.8 Å². The number of carbonyl (C=O) groups excluding carboxylic acids is 2. The van der Waals surface area contributed by atoms with Crippen molar-refractivity contribution in [3.63, 3.8) is 0 Å². The maximum absolute atomic E-state index is 13.4. The van der Waals surface area contributed by atoms with Crippen LogP contribution in [0.2, 0.25) is 0 Å². The molecule has 0 N–H and O–H groups in total. The minimum Gasteiger partial charge on any atom is -0.460 e. The van der Waals surface area contributed by atoms with Crippen LogP contribution in [-0.4, -0.2) is 22.8 Å². The van der Waals surface area contributed by atoms with Crippen LogP contribution in [0.4, 0.5) is 0 Å². The number of ether oxygens (including phenoxy) is 2. The highest BCUT2D eigenvalue weighted by Gasteiger charge is 2.76. The summed E-state index contributed by atoms with van der Waals surface area (Å²) in [6.07, 6.45) is 1.61. The van der Waals surface area contributed by atoms with Gasteiger partial charge >= 0.3 is 11.9 Å². The van der Waals surface area contributed by atoms with Gasteiger partial charge < -0.3 is 13.9 Å². The van der Waals surface area contributed by atoms with E-state index < -0.39 is 22.4 Å².